The Hall–Kier alpha value is -3.37. The number of aryl methyl sites for hydroxylation is 1. The van der Waals surface area contributed by atoms with Gasteiger partial charge in [0.1, 0.15) is 0 Å². The van der Waals surface area contributed by atoms with Crippen molar-refractivity contribution in [2.75, 3.05) is 5.32 Å². The second-order valence-corrected chi connectivity index (χ2v) is 7.45. The summed E-state index contributed by atoms with van der Waals surface area (Å²) < 4.78 is 5.42. The molecule has 2 aromatic heterocycles. The van der Waals surface area contributed by atoms with Crippen molar-refractivity contribution in [3.8, 4) is 22.3 Å². The van der Waals surface area contributed by atoms with E-state index in [1.807, 2.05) is 12.1 Å². The van der Waals surface area contributed by atoms with Crippen LogP contribution in [0.3, 0.4) is 0 Å². The molecule has 9 nitrogen and oxygen atoms in total. The largest absolute Gasteiger partial charge is 0.512 e. The minimum absolute atomic E-state index is 0.0328. The molecule has 0 aliphatic heterocycles. The van der Waals surface area contributed by atoms with Crippen LogP contribution >= 0.6 is 22.9 Å². The van der Waals surface area contributed by atoms with Gasteiger partial charge in [-0.2, -0.15) is 4.98 Å². The van der Waals surface area contributed by atoms with Gasteiger partial charge in [-0.25, -0.2) is 4.79 Å². The monoisotopic (exact) mass is 449 g/mol. The number of hydrogen-bond donors (Lipinski definition) is 3. The maximum atomic E-state index is 12.4. The Morgan fingerprint density at radius 1 is 1.30 bits per heavy atom. The van der Waals surface area contributed by atoms with Crippen LogP contribution in [0.2, 0.25) is 5.02 Å². The van der Waals surface area contributed by atoms with Gasteiger partial charge in [0, 0.05) is 18.5 Å². The molecule has 0 saturated carbocycles. The zero-order valence-corrected chi connectivity index (χ0v) is 17.2. The smallest absolute Gasteiger partial charge is 0.499 e. The maximum absolute atomic E-state index is 12.4. The third kappa shape index (κ3) is 4.61. The highest BCUT2D eigenvalue weighted by Gasteiger charge is 2.21. The van der Waals surface area contributed by atoms with E-state index in [1.54, 1.807) is 23.6 Å². The van der Waals surface area contributed by atoms with Crippen LogP contribution in [0.5, 0.6) is 11.6 Å². The molecule has 0 spiro atoms. The van der Waals surface area contributed by atoms with E-state index in [1.165, 1.54) is 18.4 Å². The van der Waals surface area contributed by atoms with E-state index in [-0.39, 0.29) is 18.2 Å². The molecule has 0 fully saturated rings. The van der Waals surface area contributed by atoms with Gasteiger partial charge < -0.3 is 20.3 Å². The first-order chi connectivity index (χ1) is 14.3. The average molecular weight is 450 g/mol. The van der Waals surface area contributed by atoms with Gasteiger partial charge in [0.25, 0.3) is 11.4 Å². The van der Waals surface area contributed by atoms with Gasteiger partial charge in [0.15, 0.2) is 5.82 Å². The second-order valence-electron chi connectivity index (χ2n) is 6.12. The lowest BCUT2D eigenvalue weighted by Gasteiger charge is -2.11. The number of carboxylic acid groups (broad SMARTS) is 1. The summed E-state index contributed by atoms with van der Waals surface area (Å²) in [5.41, 5.74) is 0.345. The number of rotatable bonds is 6. The Bertz CT molecular complexity index is 1170. The fourth-order valence-electron chi connectivity index (χ4n) is 2.67. The average Bonchev–Trinajstić information content (AvgIpc) is 3.15. The van der Waals surface area contributed by atoms with Crippen molar-refractivity contribution in [3.05, 3.63) is 56.7 Å². The van der Waals surface area contributed by atoms with Crippen LogP contribution in [0.15, 0.2) is 40.5 Å². The van der Waals surface area contributed by atoms with Gasteiger partial charge in [-0.1, -0.05) is 29.8 Å². The van der Waals surface area contributed by atoms with Gasteiger partial charge in [0.2, 0.25) is 11.7 Å². The first kappa shape index (κ1) is 21.3. The Morgan fingerprint density at radius 3 is 2.73 bits per heavy atom. The Labute approximate surface area is 179 Å². The molecular formula is C19H16ClN3O6S. The van der Waals surface area contributed by atoms with Crippen molar-refractivity contribution in [2.24, 2.45) is 7.05 Å². The molecule has 11 heteroatoms. The first-order valence-electron chi connectivity index (χ1n) is 8.59. The predicted octanol–water partition coefficient (Wildman–Crippen LogP) is 3.50. The summed E-state index contributed by atoms with van der Waals surface area (Å²) in [4.78, 5) is 39.8. The van der Waals surface area contributed by atoms with Crippen molar-refractivity contribution in [2.45, 2.75) is 12.8 Å². The molecule has 1 amide bonds. The van der Waals surface area contributed by atoms with E-state index in [0.717, 1.165) is 10.1 Å². The summed E-state index contributed by atoms with van der Waals surface area (Å²) in [5.74, 6) is -1.90. The van der Waals surface area contributed by atoms with Crippen LogP contribution in [0, 0.1) is 0 Å². The lowest BCUT2D eigenvalue weighted by Crippen LogP contribution is -2.22. The number of aromatic hydroxyl groups is 1. The van der Waals surface area contributed by atoms with Crippen molar-refractivity contribution >= 4 is 40.7 Å². The maximum Gasteiger partial charge on any atom is 0.512 e. The van der Waals surface area contributed by atoms with Crippen LogP contribution in [0.1, 0.15) is 12.0 Å². The van der Waals surface area contributed by atoms with Gasteiger partial charge >= 0.3 is 6.16 Å². The molecule has 3 N–H and O–H groups in total. The quantitative estimate of drug-likeness (QED) is 0.491. The highest BCUT2D eigenvalue weighted by Crippen LogP contribution is 2.34. The molecule has 3 aromatic rings. The third-order valence-corrected chi connectivity index (χ3v) is 5.42. The number of hydrogen-bond acceptors (Lipinski definition) is 7. The van der Waals surface area contributed by atoms with Crippen molar-refractivity contribution in [1.82, 2.24) is 9.55 Å². The summed E-state index contributed by atoms with van der Waals surface area (Å²) in [6.45, 7) is 0. The van der Waals surface area contributed by atoms with Crippen molar-refractivity contribution < 1.29 is 24.5 Å². The van der Waals surface area contributed by atoms with E-state index in [4.69, 9.17) is 16.7 Å². The number of thiophene rings is 1. The molecule has 3 rings (SSSR count). The molecule has 0 unspecified atom stereocenters. The molecule has 30 heavy (non-hydrogen) atoms. The van der Waals surface area contributed by atoms with Gasteiger partial charge in [-0.15, -0.1) is 11.3 Å². The summed E-state index contributed by atoms with van der Waals surface area (Å²) in [5, 5.41) is 23.6. The first-order valence-corrected chi connectivity index (χ1v) is 9.85. The lowest BCUT2D eigenvalue weighted by molar-refractivity contribution is -0.116. The van der Waals surface area contributed by atoms with E-state index >= 15 is 0 Å². The number of amides is 1. The molecule has 0 bridgehead atoms. The summed E-state index contributed by atoms with van der Waals surface area (Å²) in [7, 11) is 1.36. The van der Waals surface area contributed by atoms with E-state index in [9.17, 15) is 19.5 Å². The zero-order chi connectivity index (χ0) is 21.8. The van der Waals surface area contributed by atoms with Crippen LogP contribution in [0.4, 0.5) is 10.5 Å². The molecule has 156 valence electrons. The molecule has 2 heterocycles. The number of carbonyl (C=O) groups excluding carboxylic acids is 1. The third-order valence-electron chi connectivity index (χ3n) is 4.14. The molecular weight excluding hydrogens is 434 g/mol. The van der Waals surface area contributed by atoms with Crippen molar-refractivity contribution in [1.29, 1.82) is 0 Å². The summed E-state index contributed by atoms with van der Waals surface area (Å²) in [6.07, 6.45) is -1.11. The number of carbonyl (C=O) groups is 2. The topological polar surface area (TPSA) is 131 Å². The van der Waals surface area contributed by atoms with E-state index in [2.05, 4.69) is 15.0 Å². The zero-order valence-electron chi connectivity index (χ0n) is 15.6. The van der Waals surface area contributed by atoms with E-state index in [0.29, 0.717) is 22.0 Å². The molecule has 0 saturated heterocycles. The van der Waals surface area contributed by atoms with Gasteiger partial charge in [-0.3, -0.25) is 14.2 Å². The summed E-state index contributed by atoms with van der Waals surface area (Å²) in [6, 6.07) is 8.86. The van der Waals surface area contributed by atoms with Gasteiger partial charge in [-0.05, 0) is 29.5 Å². The number of nitrogens with zero attached hydrogens (tertiary/aromatic N) is 2. The molecule has 0 radical (unpaired) electrons. The molecule has 1 aromatic carbocycles. The predicted molar refractivity (Wildman–Crippen MR) is 112 cm³/mol. The lowest BCUT2D eigenvalue weighted by atomic mass is 10.1. The fourth-order valence-corrected chi connectivity index (χ4v) is 3.77. The van der Waals surface area contributed by atoms with Crippen LogP contribution < -0.4 is 15.6 Å². The Morgan fingerprint density at radius 2 is 2.03 bits per heavy atom. The number of nitrogens with one attached hydrogen (secondary N) is 1. The number of halogens is 1. The highest BCUT2D eigenvalue weighted by molar-refractivity contribution is 7.14. The van der Waals surface area contributed by atoms with Crippen LogP contribution in [0.25, 0.3) is 10.7 Å². The molecule has 0 aliphatic rings. The fraction of sp³-hybridized carbons (Fsp3) is 0.158. The van der Waals surface area contributed by atoms with Crippen LogP contribution in [-0.4, -0.2) is 31.8 Å². The van der Waals surface area contributed by atoms with Crippen molar-refractivity contribution in [3.63, 3.8) is 0 Å². The standard InChI is InChI=1S/C19H16ClN3O6S/c1-23-16(22-17(29-19(27)28)14(25)18(23)26)15-12(8-9-30-15)21-13(24)7-6-10-4-2-3-5-11(10)20/h2-5,8-9,25H,6-7H2,1H3,(H,21,24)(H,27,28). The number of aromatic nitrogens is 2. The Kier molecular flexibility index (Phi) is 6.38. The molecule has 0 atom stereocenters. The number of ether oxygens (including phenoxy) is 1. The Balaban J connectivity index is 1.84. The number of anilines is 1. The number of benzene rings is 1. The SMILES string of the molecule is Cn1c(-c2sccc2NC(=O)CCc2ccccc2Cl)nc(OC(=O)O)c(O)c1=O. The summed E-state index contributed by atoms with van der Waals surface area (Å²) >= 11 is 7.28. The van der Waals surface area contributed by atoms with Crippen LogP contribution in [-0.2, 0) is 18.3 Å². The second kappa shape index (κ2) is 8.97. The molecule has 0 aliphatic carbocycles. The van der Waals surface area contributed by atoms with Gasteiger partial charge in [0.05, 0.1) is 10.6 Å². The minimum Gasteiger partial charge on any atom is -0.499 e. The highest BCUT2D eigenvalue weighted by atomic mass is 35.5. The normalized spacial score (nSPS) is 10.6. The van der Waals surface area contributed by atoms with E-state index < -0.39 is 23.3 Å². The minimum atomic E-state index is -1.73.